The topological polar surface area (TPSA) is 72.8 Å². The Bertz CT molecular complexity index is 481. The summed E-state index contributed by atoms with van der Waals surface area (Å²) in [6, 6.07) is 3.18. The van der Waals surface area contributed by atoms with E-state index in [0.29, 0.717) is 5.69 Å². The number of benzene rings is 1. The summed E-state index contributed by atoms with van der Waals surface area (Å²) in [6.45, 7) is 1.31. The maximum atomic E-state index is 12.9. The molecule has 5 nitrogen and oxygen atoms in total. The third kappa shape index (κ3) is 4.33. The van der Waals surface area contributed by atoms with Crippen molar-refractivity contribution in [2.24, 2.45) is 5.41 Å². The van der Waals surface area contributed by atoms with E-state index in [1.54, 1.807) is 6.92 Å². The van der Waals surface area contributed by atoms with E-state index in [1.807, 2.05) is 0 Å². The molecule has 20 heavy (non-hydrogen) atoms. The summed E-state index contributed by atoms with van der Waals surface area (Å²) in [6.07, 6.45) is 0. The molecule has 0 aliphatic carbocycles. The Morgan fingerprint density at radius 2 is 2.05 bits per heavy atom. The van der Waals surface area contributed by atoms with Gasteiger partial charge in [0.2, 0.25) is 0 Å². The third-order valence-corrected chi connectivity index (χ3v) is 3.21. The lowest BCUT2D eigenvalue weighted by Gasteiger charge is -2.30. The van der Waals surface area contributed by atoms with Gasteiger partial charge in [-0.2, -0.15) is 0 Å². The summed E-state index contributed by atoms with van der Waals surface area (Å²) in [4.78, 5) is 13.3. The summed E-state index contributed by atoms with van der Waals surface area (Å²) >= 11 is 5.81. The number of aliphatic hydroxyl groups is 2. The number of amides is 2. The van der Waals surface area contributed by atoms with Gasteiger partial charge >= 0.3 is 6.03 Å². The maximum absolute atomic E-state index is 12.9. The fourth-order valence-electron chi connectivity index (χ4n) is 1.60. The first-order chi connectivity index (χ1) is 9.31. The van der Waals surface area contributed by atoms with Crippen molar-refractivity contribution in [2.75, 3.05) is 32.1 Å². The first-order valence-corrected chi connectivity index (χ1v) is 6.38. The summed E-state index contributed by atoms with van der Waals surface area (Å²) < 4.78 is 12.9. The van der Waals surface area contributed by atoms with E-state index >= 15 is 0 Å². The SMILES string of the molecule is CN(CC(C)(CO)CO)C(=O)Nc1ccc(F)cc1Cl. The van der Waals surface area contributed by atoms with Crippen LogP contribution in [0.25, 0.3) is 0 Å². The Kier molecular flexibility index (Phi) is 5.74. The minimum absolute atomic E-state index is 0.0961. The molecule has 0 bridgehead atoms. The highest BCUT2D eigenvalue weighted by atomic mass is 35.5. The van der Waals surface area contributed by atoms with Crippen molar-refractivity contribution < 1.29 is 19.4 Å². The number of halogens is 2. The number of urea groups is 1. The van der Waals surface area contributed by atoms with Crippen molar-refractivity contribution in [2.45, 2.75) is 6.92 Å². The molecule has 1 rings (SSSR count). The fraction of sp³-hybridized carbons (Fsp3) is 0.462. The average Bonchev–Trinajstić information content (AvgIpc) is 2.41. The smallest absolute Gasteiger partial charge is 0.321 e. The monoisotopic (exact) mass is 304 g/mol. The Hall–Kier alpha value is -1.37. The second kappa shape index (κ2) is 6.88. The predicted molar refractivity (Wildman–Crippen MR) is 75.3 cm³/mol. The molecule has 0 radical (unpaired) electrons. The minimum atomic E-state index is -0.793. The molecule has 3 N–H and O–H groups in total. The highest BCUT2D eigenvalue weighted by molar-refractivity contribution is 6.33. The summed E-state index contributed by atoms with van der Waals surface area (Å²) in [5.41, 5.74) is -0.502. The van der Waals surface area contributed by atoms with Crippen LogP contribution in [0, 0.1) is 11.2 Å². The van der Waals surface area contributed by atoms with Gasteiger partial charge in [-0.15, -0.1) is 0 Å². The number of rotatable bonds is 5. The van der Waals surface area contributed by atoms with Gasteiger partial charge in [-0.25, -0.2) is 9.18 Å². The first-order valence-electron chi connectivity index (χ1n) is 6.00. The van der Waals surface area contributed by atoms with E-state index in [0.717, 1.165) is 6.07 Å². The number of hydrogen-bond donors (Lipinski definition) is 3. The van der Waals surface area contributed by atoms with Gasteiger partial charge in [0.05, 0.1) is 23.9 Å². The van der Waals surface area contributed by atoms with E-state index in [4.69, 9.17) is 11.6 Å². The lowest BCUT2D eigenvalue weighted by molar-refractivity contribution is 0.0509. The molecular formula is C13H18ClFN2O3. The van der Waals surface area contributed by atoms with Crippen LogP contribution >= 0.6 is 11.6 Å². The Labute approximate surface area is 122 Å². The number of nitrogens with zero attached hydrogens (tertiary/aromatic N) is 1. The second-order valence-electron chi connectivity index (χ2n) is 5.04. The zero-order valence-electron chi connectivity index (χ0n) is 11.4. The van der Waals surface area contributed by atoms with E-state index in [2.05, 4.69) is 5.32 Å². The number of carbonyl (C=O) groups excluding carboxylic acids is 1. The van der Waals surface area contributed by atoms with Gasteiger partial charge in [-0.05, 0) is 18.2 Å². The van der Waals surface area contributed by atoms with Crippen LogP contribution in [0.1, 0.15) is 6.92 Å². The predicted octanol–water partition coefficient (Wildman–Crippen LogP) is 1.93. The Balaban J connectivity index is 2.71. The molecule has 2 amide bonds. The van der Waals surface area contributed by atoms with E-state index in [1.165, 1.54) is 24.1 Å². The second-order valence-corrected chi connectivity index (χ2v) is 5.44. The van der Waals surface area contributed by atoms with Crippen LogP contribution in [0.15, 0.2) is 18.2 Å². The van der Waals surface area contributed by atoms with Crippen LogP contribution in [0.5, 0.6) is 0 Å². The zero-order valence-corrected chi connectivity index (χ0v) is 12.1. The molecule has 0 atom stereocenters. The van der Waals surface area contributed by atoms with Crippen molar-refractivity contribution in [3.63, 3.8) is 0 Å². The summed E-state index contributed by atoms with van der Waals surface area (Å²) in [5.74, 6) is -0.491. The summed E-state index contributed by atoms with van der Waals surface area (Å²) in [7, 11) is 1.52. The molecular weight excluding hydrogens is 287 g/mol. The van der Waals surface area contributed by atoms with Crippen molar-refractivity contribution in [3.8, 4) is 0 Å². The molecule has 0 aliphatic rings. The molecule has 0 aromatic heterocycles. The van der Waals surface area contributed by atoms with Gasteiger partial charge in [0.15, 0.2) is 0 Å². The van der Waals surface area contributed by atoms with Crippen LogP contribution < -0.4 is 5.32 Å². The van der Waals surface area contributed by atoms with Crippen LogP contribution in [0.2, 0.25) is 5.02 Å². The van der Waals surface area contributed by atoms with Crippen LogP contribution in [0.3, 0.4) is 0 Å². The quantitative estimate of drug-likeness (QED) is 0.778. The largest absolute Gasteiger partial charge is 0.396 e. The van der Waals surface area contributed by atoms with Crippen molar-refractivity contribution >= 4 is 23.3 Å². The van der Waals surface area contributed by atoms with E-state index in [9.17, 15) is 19.4 Å². The van der Waals surface area contributed by atoms with Gasteiger partial charge < -0.3 is 20.4 Å². The van der Waals surface area contributed by atoms with Crippen molar-refractivity contribution in [1.29, 1.82) is 0 Å². The lowest BCUT2D eigenvalue weighted by Crippen LogP contribution is -2.43. The molecule has 0 saturated heterocycles. The number of aliphatic hydroxyl groups excluding tert-OH is 2. The number of anilines is 1. The standard InChI is InChI=1S/C13H18ClFN2O3/c1-13(7-18,8-19)6-17(2)12(20)16-11-4-3-9(15)5-10(11)14/h3-5,18-19H,6-8H2,1-2H3,(H,16,20). The molecule has 0 fully saturated rings. The summed E-state index contributed by atoms with van der Waals surface area (Å²) in [5, 5.41) is 21.0. The molecule has 0 aliphatic heterocycles. The van der Waals surface area contributed by atoms with Gasteiger partial charge in [0, 0.05) is 19.0 Å². The average molecular weight is 305 g/mol. The van der Waals surface area contributed by atoms with E-state index < -0.39 is 17.3 Å². The highest BCUT2D eigenvalue weighted by Crippen LogP contribution is 2.23. The molecule has 1 aromatic carbocycles. The fourth-order valence-corrected chi connectivity index (χ4v) is 1.81. The third-order valence-electron chi connectivity index (χ3n) is 2.90. The molecule has 1 aromatic rings. The van der Waals surface area contributed by atoms with Crippen LogP contribution in [-0.2, 0) is 0 Å². The molecule has 0 spiro atoms. The number of nitrogens with one attached hydrogen (secondary N) is 1. The van der Waals surface area contributed by atoms with Gasteiger partial charge in [0.25, 0.3) is 0 Å². The number of carbonyl (C=O) groups is 1. The first kappa shape index (κ1) is 16.7. The lowest BCUT2D eigenvalue weighted by atomic mass is 9.92. The maximum Gasteiger partial charge on any atom is 0.321 e. The van der Waals surface area contributed by atoms with E-state index in [-0.39, 0.29) is 24.8 Å². The molecule has 7 heteroatoms. The van der Waals surface area contributed by atoms with Gasteiger partial charge in [0.1, 0.15) is 5.82 Å². The highest BCUT2D eigenvalue weighted by Gasteiger charge is 2.26. The molecule has 0 saturated carbocycles. The normalized spacial score (nSPS) is 11.3. The van der Waals surface area contributed by atoms with Crippen LogP contribution in [0.4, 0.5) is 14.9 Å². The molecule has 0 unspecified atom stereocenters. The Morgan fingerprint density at radius 3 is 2.55 bits per heavy atom. The van der Waals surface area contributed by atoms with Gasteiger partial charge in [-0.3, -0.25) is 0 Å². The van der Waals surface area contributed by atoms with Gasteiger partial charge in [-0.1, -0.05) is 18.5 Å². The van der Waals surface area contributed by atoms with Crippen LogP contribution in [-0.4, -0.2) is 48.0 Å². The molecule has 112 valence electrons. The minimum Gasteiger partial charge on any atom is -0.396 e. The number of hydrogen-bond acceptors (Lipinski definition) is 3. The van der Waals surface area contributed by atoms with Crippen molar-refractivity contribution in [1.82, 2.24) is 4.90 Å². The zero-order chi connectivity index (χ0) is 15.3. The Morgan fingerprint density at radius 1 is 1.45 bits per heavy atom. The van der Waals surface area contributed by atoms with Crippen molar-refractivity contribution in [3.05, 3.63) is 29.0 Å². The molecule has 0 heterocycles.